The first-order chi connectivity index (χ1) is 9.40. The number of benzene rings is 1. The number of rotatable bonds is 3. The Labute approximate surface area is 125 Å². The molecule has 4 heteroatoms. The van der Waals surface area contributed by atoms with Crippen LogP contribution in [0.15, 0.2) is 30.6 Å². The molecule has 0 aliphatic heterocycles. The third-order valence-corrected chi connectivity index (χ3v) is 3.23. The first-order valence-electron chi connectivity index (χ1n) is 6.56. The van der Waals surface area contributed by atoms with Crippen LogP contribution >= 0.6 is 11.6 Å². The van der Waals surface area contributed by atoms with E-state index in [-0.39, 0.29) is 5.41 Å². The largest absolute Gasteiger partial charge is 0.437 e. The fraction of sp³-hybridized carbons (Fsp3) is 0.375. The van der Waals surface area contributed by atoms with E-state index in [2.05, 4.69) is 43.7 Å². The molecular weight excluding hydrogens is 272 g/mol. The molecule has 1 heterocycles. The molecule has 0 bridgehead atoms. The van der Waals surface area contributed by atoms with E-state index in [1.54, 1.807) is 12.4 Å². The van der Waals surface area contributed by atoms with Crippen LogP contribution in [-0.2, 0) is 11.3 Å². The molecule has 2 rings (SSSR count). The van der Waals surface area contributed by atoms with Crippen molar-refractivity contribution in [2.45, 2.75) is 39.0 Å². The molecule has 0 N–H and O–H groups in total. The van der Waals surface area contributed by atoms with Crippen LogP contribution in [0.5, 0.6) is 11.6 Å². The molecule has 0 fully saturated rings. The van der Waals surface area contributed by atoms with Gasteiger partial charge < -0.3 is 4.74 Å². The maximum atomic E-state index is 5.90. The fourth-order valence-electron chi connectivity index (χ4n) is 1.93. The van der Waals surface area contributed by atoms with Gasteiger partial charge in [-0.05, 0) is 18.4 Å². The van der Waals surface area contributed by atoms with Gasteiger partial charge in [0, 0.05) is 11.8 Å². The van der Waals surface area contributed by atoms with Gasteiger partial charge in [0.1, 0.15) is 5.75 Å². The molecule has 2 aromatic rings. The van der Waals surface area contributed by atoms with Crippen molar-refractivity contribution in [3.05, 3.63) is 47.4 Å². The van der Waals surface area contributed by atoms with Gasteiger partial charge in [-0.25, -0.2) is 4.98 Å². The molecule has 0 saturated heterocycles. The van der Waals surface area contributed by atoms with Crippen molar-refractivity contribution in [1.29, 1.82) is 0 Å². The van der Waals surface area contributed by atoms with Crippen LogP contribution in [0.3, 0.4) is 0 Å². The van der Waals surface area contributed by atoms with E-state index >= 15 is 0 Å². The van der Waals surface area contributed by atoms with Gasteiger partial charge in [-0.2, -0.15) is 0 Å². The smallest absolute Gasteiger partial charge is 0.238 e. The van der Waals surface area contributed by atoms with E-state index in [1.165, 1.54) is 5.56 Å². The molecule has 1 aromatic heterocycles. The van der Waals surface area contributed by atoms with Crippen molar-refractivity contribution in [3.8, 4) is 11.6 Å². The van der Waals surface area contributed by atoms with Crippen LogP contribution < -0.4 is 4.74 Å². The van der Waals surface area contributed by atoms with Crippen LogP contribution in [0.2, 0.25) is 0 Å². The van der Waals surface area contributed by atoms with Crippen LogP contribution in [0.4, 0.5) is 0 Å². The molecule has 3 nitrogen and oxygen atoms in total. The highest BCUT2D eigenvalue weighted by molar-refractivity contribution is 6.16. The maximum absolute atomic E-state index is 5.90. The number of alkyl halides is 1. The normalized spacial score (nSPS) is 11.4. The van der Waals surface area contributed by atoms with Crippen molar-refractivity contribution in [2.75, 3.05) is 0 Å². The van der Waals surface area contributed by atoms with E-state index in [1.807, 2.05) is 12.1 Å². The van der Waals surface area contributed by atoms with E-state index in [9.17, 15) is 0 Å². The Bertz CT molecular complexity index is 606. The molecule has 20 heavy (non-hydrogen) atoms. The van der Waals surface area contributed by atoms with E-state index in [0.29, 0.717) is 17.5 Å². The molecule has 0 unspecified atom stereocenters. The van der Waals surface area contributed by atoms with Crippen LogP contribution in [0.1, 0.15) is 37.6 Å². The molecule has 0 atom stereocenters. The maximum Gasteiger partial charge on any atom is 0.238 e. The SMILES string of the molecule is Cc1ccc(Oc2cncc(CCl)n2)c(C(C)(C)C)c1. The molecule has 0 radical (unpaired) electrons. The second kappa shape index (κ2) is 5.80. The Morgan fingerprint density at radius 2 is 1.95 bits per heavy atom. The lowest BCUT2D eigenvalue weighted by atomic mass is 9.85. The van der Waals surface area contributed by atoms with Crippen molar-refractivity contribution in [1.82, 2.24) is 9.97 Å². The number of hydrogen-bond acceptors (Lipinski definition) is 3. The zero-order chi connectivity index (χ0) is 14.8. The summed E-state index contributed by atoms with van der Waals surface area (Å²) in [7, 11) is 0. The summed E-state index contributed by atoms with van der Waals surface area (Å²) in [4.78, 5) is 8.40. The molecule has 0 saturated carbocycles. The van der Waals surface area contributed by atoms with Crippen LogP contribution in [0, 0.1) is 6.92 Å². The highest BCUT2D eigenvalue weighted by Crippen LogP contribution is 2.34. The van der Waals surface area contributed by atoms with E-state index in [4.69, 9.17) is 16.3 Å². The first kappa shape index (κ1) is 14.8. The number of aromatic nitrogens is 2. The van der Waals surface area contributed by atoms with Crippen molar-refractivity contribution in [3.63, 3.8) is 0 Å². The standard InChI is InChI=1S/C16H19ClN2O/c1-11-5-6-14(13(7-11)16(2,3)4)20-15-10-18-9-12(8-17)19-15/h5-7,9-10H,8H2,1-4H3. The van der Waals surface area contributed by atoms with Crippen molar-refractivity contribution in [2.24, 2.45) is 0 Å². The van der Waals surface area contributed by atoms with Crippen molar-refractivity contribution < 1.29 is 4.74 Å². The lowest BCUT2D eigenvalue weighted by molar-refractivity contribution is 0.436. The van der Waals surface area contributed by atoms with Gasteiger partial charge in [0.25, 0.3) is 0 Å². The second-order valence-corrected chi connectivity index (χ2v) is 6.10. The first-order valence-corrected chi connectivity index (χ1v) is 7.09. The number of ether oxygens (including phenoxy) is 1. The quantitative estimate of drug-likeness (QED) is 0.774. The van der Waals surface area contributed by atoms with E-state index in [0.717, 1.165) is 11.3 Å². The van der Waals surface area contributed by atoms with E-state index < -0.39 is 0 Å². The summed E-state index contributed by atoms with van der Waals surface area (Å²) < 4.78 is 5.90. The van der Waals surface area contributed by atoms with Gasteiger partial charge in [0.2, 0.25) is 5.88 Å². The summed E-state index contributed by atoms with van der Waals surface area (Å²) in [6.45, 7) is 8.56. The Hall–Kier alpha value is -1.61. The number of nitrogens with zero attached hydrogens (tertiary/aromatic N) is 2. The summed E-state index contributed by atoms with van der Waals surface area (Å²) in [5.41, 5.74) is 3.06. The lowest BCUT2D eigenvalue weighted by Gasteiger charge is -2.23. The summed E-state index contributed by atoms with van der Waals surface area (Å²) in [5, 5.41) is 0. The molecule has 1 aromatic carbocycles. The zero-order valence-corrected chi connectivity index (χ0v) is 13.0. The predicted octanol–water partition coefficient (Wildman–Crippen LogP) is 4.61. The minimum Gasteiger partial charge on any atom is -0.437 e. The minimum absolute atomic E-state index is 0.00111. The molecule has 0 amide bonds. The van der Waals surface area contributed by atoms with Crippen LogP contribution in [-0.4, -0.2) is 9.97 Å². The van der Waals surface area contributed by atoms with Gasteiger partial charge in [0.15, 0.2) is 0 Å². The average Bonchev–Trinajstić information content (AvgIpc) is 2.40. The molecule has 0 aliphatic carbocycles. The summed E-state index contributed by atoms with van der Waals surface area (Å²) in [6.07, 6.45) is 3.24. The number of halogens is 1. The lowest BCUT2D eigenvalue weighted by Crippen LogP contribution is -2.13. The Morgan fingerprint density at radius 1 is 1.20 bits per heavy atom. The fourth-order valence-corrected chi connectivity index (χ4v) is 2.06. The molecule has 0 spiro atoms. The average molecular weight is 291 g/mol. The molecular formula is C16H19ClN2O. The Balaban J connectivity index is 2.38. The number of hydrogen-bond donors (Lipinski definition) is 0. The summed E-state index contributed by atoms with van der Waals surface area (Å²) >= 11 is 5.77. The monoisotopic (exact) mass is 290 g/mol. The van der Waals surface area contributed by atoms with Crippen molar-refractivity contribution >= 4 is 11.6 Å². The van der Waals surface area contributed by atoms with Gasteiger partial charge in [-0.1, -0.05) is 38.5 Å². The highest BCUT2D eigenvalue weighted by atomic mass is 35.5. The Kier molecular flexibility index (Phi) is 4.29. The second-order valence-electron chi connectivity index (χ2n) is 5.83. The van der Waals surface area contributed by atoms with Gasteiger partial charge >= 0.3 is 0 Å². The topological polar surface area (TPSA) is 35.0 Å². The van der Waals surface area contributed by atoms with Gasteiger partial charge in [0.05, 0.1) is 17.8 Å². The highest BCUT2D eigenvalue weighted by Gasteiger charge is 2.19. The summed E-state index contributed by atoms with van der Waals surface area (Å²) in [6, 6.07) is 6.16. The minimum atomic E-state index is -0.00111. The van der Waals surface area contributed by atoms with Gasteiger partial charge in [-0.15, -0.1) is 11.6 Å². The van der Waals surface area contributed by atoms with Gasteiger partial charge in [-0.3, -0.25) is 4.98 Å². The zero-order valence-electron chi connectivity index (χ0n) is 12.3. The molecule has 0 aliphatic rings. The summed E-state index contributed by atoms with van der Waals surface area (Å²) in [5.74, 6) is 1.60. The third kappa shape index (κ3) is 3.48. The third-order valence-electron chi connectivity index (χ3n) is 2.96. The number of aryl methyl sites for hydroxylation is 1. The van der Waals surface area contributed by atoms with Crippen LogP contribution in [0.25, 0.3) is 0 Å². The Morgan fingerprint density at radius 3 is 2.60 bits per heavy atom. The molecule has 106 valence electrons. The predicted molar refractivity (Wildman–Crippen MR) is 81.5 cm³/mol.